The van der Waals surface area contributed by atoms with Crippen molar-refractivity contribution >= 4 is 56.4 Å². The summed E-state index contributed by atoms with van der Waals surface area (Å²) in [6.45, 7) is 0.328. The van der Waals surface area contributed by atoms with Gasteiger partial charge >= 0.3 is 0 Å². The maximum absolute atomic E-state index is 13.8. The lowest BCUT2D eigenvalue weighted by Crippen LogP contribution is -2.41. The molecule has 0 aromatic heterocycles. The molecule has 1 aliphatic heterocycles. The van der Waals surface area contributed by atoms with Crippen LogP contribution in [0.2, 0.25) is 5.02 Å². The van der Waals surface area contributed by atoms with Gasteiger partial charge in [-0.05, 0) is 67.3 Å². The van der Waals surface area contributed by atoms with E-state index >= 15 is 0 Å². The second-order valence-electron chi connectivity index (χ2n) is 10.2. The van der Waals surface area contributed by atoms with Gasteiger partial charge in [-0.15, -0.1) is 0 Å². The van der Waals surface area contributed by atoms with E-state index in [9.17, 15) is 4.79 Å². The van der Waals surface area contributed by atoms with Crippen molar-refractivity contribution in [3.8, 4) is 11.5 Å². The van der Waals surface area contributed by atoms with E-state index in [1.807, 2.05) is 47.4 Å². The van der Waals surface area contributed by atoms with Gasteiger partial charge in [-0.3, -0.25) is 14.7 Å². The van der Waals surface area contributed by atoms with E-state index in [0.29, 0.717) is 34.1 Å². The highest BCUT2D eigenvalue weighted by molar-refractivity contribution is 9.10. The van der Waals surface area contributed by atoms with Gasteiger partial charge in [-0.2, -0.15) is 0 Å². The first-order valence-corrected chi connectivity index (χ1v) is 15.6. The second kappa shape index (κ2) is 12.9. The zero-order valence-electron chi connectivity index (χ0n) is 21.8. The highest BCUT2D eigenvalue weighted by Gasteiger charge is 2.39. The van der Waals surface area contributed by atoms with E-state index in [1.54, 1.807) is 7.11 Å². The lowest BCUT2D eigenvalue weighted by molar-refractivity contribution is -0.124. The minimum Gasteiger partial charge on any atom is -0.493 e. The molecule has 38 heavy (non-hydrogen) atoms. The fourth-order valence-electron chi connectivity index (χ4n) is 5.45. The van der Waals surface area contributed by atoms with E-state index in [-0.39, 0.29) is 11.9 Å². The summed E-state index contributed by atoms with van der Waals surface area (Å²) in [6.07, 6.45) is 13.6. The largest absolute Gasteiger partial charge is 0.493 e. The molecule has 0 radical (unpaired) electrons. The third-order valence-electron chi connectivity index (χ3n) is 7.56. The van der Waals surface area contributed by atoms with Crippen LogP contribution in [-0.2, 0) is 11.4 Å². The minimum atomic E-state index is 0.0707. The van der Waals surface area contributed by atoms with E-state index in [4.69, 9.17) is 26.1 Å². The van der Waals surface area contributed by atoms with Gasteiger partial charge in [0.05, 0.1) is 18.1 Å². The number of hydrogen-bond donors (Lipinski definition) is 0. The Morgan fingerprint density at radius 3 is 2.47 bits per heavy atom. The summed E-state index contributed by atoms with van der Waals surface area (Å²) in [5.41, 5.74) is 1.77. The zero-order valence-corrected chi connectivity index (χ0v) is 24.9. The van der Waals surface area contributed by atoms with Crippen LogP contribution in [-0.4, -0.2) is 35.2 Å². The van der Waals surface area contributed by atoms with Gasteiger partial charge in [-0.1, -0.05) is 84.3 Å². The molecule has 0 unspecified atom stereocenters. The van der Waals surface area contributed by atoms with E-state index in [0.717, 1.165) is 46.5 Å². The van der Waals surface area contributed by atoms with Crippen molar-refractivity contribution in [2.45, 2.75) is 82.9 Å². The Bertz CT molecular complexity index is 1220. The smallest absolute Gasteiger partial charge is 0.267 e. The third-order valence-corrected chi connectivity index (χ3v) is 9.61. The Hall–Kier alpha value is -1.96. The molecule has 2 aromatic carbocycles. The number of carbonyl (C=O) groups is 1. The molecule has 1 amide bonds. The molecule has 5 nitrogen and oxygen atoms in total. The molecule has 2 aromatic rings. The molecule has 8 heteroatoms. The molecule has 2 aliphatic carbocycles. The Morgan fingerprint density at radius 1 is 1.05 bits per heavy atom. The quantitative estimate of drug-likeness (QED) is 0.292. The summed E-state index contributed by atoms with van der Waals surface area (Å²) in [5, 5.41) is 1.56. The number of ether oxygens (including phenoxy) is 2. The minimum absolute atomic E-state index is 0.0707. The SMILES string of the molecule is COc1cc(C=C2SC(=NC3CCCCC3)N(C3CCCCC3)C2=O)c(Br)cc1OCc1ccccc1Cl. The molecule has 0 bridgehead atoms. The van der Waals surface area contributed by atoms with Crippen LogP contribution in [0.1, 0.15) is 75.3 Å². The molecule has 3 aliphatic rings. The first-order valence-electron chi connectivity index (χ1n) is 13.6. The van der Waals surface area contributed by atoms with Gasteiger partial charge in [-0.25, -0.2) is 0 Å². The monoisotopic (exact) mass is 616 g/mol. The van der Waals surface area contributed by atoms with Crippen molar-refractivity contribution in [2.24, 2.45) is 4.99 Å². The lowest BCUT2D eigenvalue weighted by Gasteiger charge is -2.31. The predicted molar refractivity (Wildman–Crippen MR) is 160 cm³/mol. The van der Waals surface area contributed by atoms with E-state index < -0.39 is 0 Å². The average Bonchev–Trinajstić information content (AvgIpc) is 3.24. The first-order chi connectivity index (χ1) is 18.5. The van der Waals surface area contributed by atoms with Crippen LogP contribution in [0.3, 0.4) is 0 Å². The van der Waals surface area contributed by atoms with Crippen LogP contribution in [0.25, 0.3) is 6.08 Å². The summed E-state index contributed by atoms with van der Waals surface area (Å²) in [7, 11) is 1.62. The molecule has 0 atom stereocenters. The molecular weight excluding hydrogens is 584 g/mol. The number of thioether (sulfide) groups is 1. The van der Waals surface area contributed by atoms with Gasteiger partial charge < -0.3 is 9.47 Å². The van der Waals surface area contributed by atoms with Crippen LogP contribution in [0, 0.1) is 0 Å². The van der Waals surface area contributed by atoms with Gasteiger partial charge in [0.1, 0.15) is 6.61 Å². The number of carbonyl (C=O) groups excluding carboxylic acids is 1. The van der Waals surface area contributed by atoms with Crippen LogP contribution in [0.5, 0.6) is 11.5 Å². The number of rotatable bonds is 7. The number of aliphatic imine (C=N–C) groups is 1. The number of nitrogens with zero attached hydrogens (tertiary/aromatic N) is 2. The number of hydrogen-bond acceptors (Lipinski definition) is 5. The molecule has 5 rings (SSSR count). The Kier molecular flexibility index (Phi) is 9.39. The van der Waals surface area contributed by atoms with E-state index in [1.165, 1.54) is 50.3 Å². The summed E-state index contributed by atoms with van der Waals surface area (Å²) < 4.78 is 12.5. The van der Waals surface area contributed by atoms with Crippen LogP contribution < -0.4 is 9.47 Å². The zero-order chi connectivity index (χ0) is 26.5. The molecule has 3 fully saturated rings. The Labute approximate surface area is 243 Å². The number of halogens is 2. The fraction of sp³-hybridized carbons (Fsp3) is 0.467. The van der Waals surface area contributed by atoms with Crippen LogP contribution in [0.15, 0.2) is 50.8 Å². The molecular formula is C30H34BrClN2O3S. The number of amidine groups is 1. The molecule has 1 heterocycles. The normalized spacial score (nSPS) is 21.4. The maximum Gasteiger partial charge on any atom is 0.267 e. The Morgan fingerprint density at radius 2 is 1.76 bits per heavy atom. The lowest BCUT2D eigenvalue weighted by atomic mass is 9.94. The summed E-state index contributed by atoms with van der Waals surface area (Å²) in [5.74, 6) is 1.28. The molecule has 202 valence electrons. The van der Waals surface area contributed by atoms with Crippen molar-refractivity contribution in [1.29, 1.82) is 0 Å². The van der Waals surface area contributed by atoms with Crippen molar-refractivity contribution in [2.75, 3.05) is 7.11 Å². The summed E-state index contributed by atoms with van der Waals surface area (Å²) >= 11 is 11.5. The Balaban J connectivity index is 1.41. The standard InChI is InChI=1S/C30H34BrClN2O3S/c1-36-26-16-21(24(31)18-27(26)37-19-20-10-8-9-15-25(20)32)17-28-29(35)34(23-13-6-3-7-14-23)30(38-28)33-22-11-4-2-5-12-22/h8-10,15-18,22-23H,2-7,11-14,19H2,1H3. The highest BCUT2D eigenvalue weighted by Crippen LogP contribution is 2.41. The van der Waals surface area contributed by atoms with Gasteiger partial charge in [0.2, 0.25) is 0 Å². The van der Waals surface area contributed by atoms with Gasteiger partial charge in [0, 0.05) is 21.1 Å². The second-order valence-corrected chi connectivity index (χ2v) is 12.5. The van der Waals surface area contributed by atoms with Crippen LogP contribution >= 0.6 is 39.3 Å². The first kappa shape index (κ1) is 27.6. The maximum atomic E-state index is 13.8. The fourth-order valence-corrected chi connectivity index (χ4v) is 7.18. The van der Waals surface area contributed by atoms with E-state index in [2.05, 4.69) is 15.9 Å². The summed E-state index contributed by atoms with van der Waals surface area (Å²) in [6, 6.07) is 12.0. The summed E-state index contributed by atoms with van der Waals surface area (Å²) in [4.78, 5) is 21.6. The molecule has 2 saturated carbocycles. The topological polar surface area (TPSA) is 51.1 Å². The van der Waals surface area contributed by atoms with Crippen molar-refractivity contribution < 1.29 is 14.3 Å². The molecule has 0 N–H and O–H groups in total. The van der Waals surface area contributed by atoms with Crippen LogP contribution in [0.4, 0.5) is 0 Å². The molecule has 0 spiro atoms. The van der Waals surface area contributed by atoms with Crippen molar-refractivity contribution in [1.82, 2.24) is 4.90 Å². The number of amides is 1. The van der Waals surface area contributed by atoms with Crippen molar-refractivity contribution in [3.05, 3.63) is 61.9 Å². The molecule has 1 saturated heterocycles. The number of methoxy groups -OCH3 is 1. The third kappa shape index (κ3) is 6.43. The predicted octanol–water partition coefficient (Wildman–Crippen LogP) is 8.63. The highest BCUT2D eigenvalue weighted by atomic mass is 79.9. The number of benzene rings is 2. The van der Waals surface area contributed by atoms with Gasteiger partial charge in [0.25, 0.3) is 5.91 Å². The van der Waals surface area contributed by atoms with Crippen molar-refractivity contribution in [3.63, 3.8) is 0 Å². The average molecular weight is 618 g/mol. The van der Waals surface area contributed by atoms with Gasteiger partial charge in [0.15, 0.2) is 16.7 Å².